The molecule has 0 aromatic carbocycles. The molecule has 9 heavy (non-hydrogen) atoms. The van der Waals surface area contributed by atoms with Gasteiger partial charge in [0.15, 0.2) is 0 Å². The van der Waals surface area contributed by atoms with E-state index in [1.54, 1.807) is 0 Å². The van der Waals surface area contributed by atoms with Gasteiger partial charge in [-0.25, -0.2) is 0 Å². The van der Waals surface area contributed by atoms with Gasteiger partial charge in [-0.15, -0.1) is 0 Å². The molecule has 1 fully saturated rings. The van der Waals surface area contributed by atoms with Crippen LogP contribution in [0.5, 0.6) is 0 Å². The molecule has 0 atom stereocenters. The monoisotopic (exact) mass is 335 g/mol. The van der Waals surface area contributed by atoms with Gasteiger partial charge in [0.2, 0.25) is 0 Å². The molecule has 0 bridgehead atoms. The van der Waals surface area contributed by atoms with Crippen molar-refractivity contribution in [3.05, 3.63) is 0 Å². The van der Waals surface area contributed by atoms with Gasteiger partial charge < -0.3 is 24.8 Å². The molecular weight excluding hydrogens is 324 g/mol. The second-order valence-corrected chi connectivity index (χ2v) is 2.39. The molecule has 0 heterocycles. The SMILES string of the molecule is CC1CCCC1.[Cl-].[Cl-].[Ta+2]. The molecule has 3 heteroatoms. The summed E-state index contributed by atoms with van der Waals surface area (Å²) in [6.45, 7) is 2.34. The second kappa shape index (κ2) is 9.32. The molecule has 1 rings (SSSR count). The van der Waals surface area contributed by atoms with Crippen LogP contribution >= 0.6 is 0 Å². The molecule has 0 nitrogen and oxygen atoms in total. The normalized spacial score (nSPS) is 17.0. The summed E-state index contributed by atoms with van der Waals surface area (Å²) < 4.78 is 0. The van der Waals surface area contributed by atoms with Gasteiger partial charge in [-0.2, -0.15) is 0 Å². The molecule has 1 radical (unpaired) electrons. The van der Waals surface area contributed by atoms with E-state index in [0.717, 1.165) is 5.92 Å². The van der Waals surface area contributed by atoms with Crippen molar-refractivity contribution in [1.82, 2.24) is 0 Å². The van der Waals surface area contributed by atoms with Gasteiger partial charge in [-0.05, 0) is 5.92 Å². The van der Waals surface area contributed by atoms with Gasteiger partial charge in [-0.3, -0.25) is 0 Å². The Morgan fingerprint density at radius 2 is 1.33 bits per heavy atom. The van der Waals surface area contributed by atoms with Crippen LogP contribution in [-0.2, 0) is 22.4 Å². The van der Waals surface area contributed by atoms with Gasteiger partial charge in [0.1, 0.15) is 0 Å². The quantitative estimate of drug-likeness (QED) is 0.426. The van der Waals surface area contributed by atoms with E-state index < -0.39 is 0 Å². The smallest absolute Gasteiger partial charge is 1.00 e. The zero-order valence-electron chi connectivity index (χ0n) is 5.61. The van der Waals surface area contributed by atoms with Crippen LogP contribution < -0.4 is 24.8 Å². The minimum absolute atomic E-state index is 0. The van der Waals surface area contributed by atoms with Gasteiger partial charge in [0, 0.05) is 0 Å². The first-order valence-electron chi connectivity index (χ1n) is 2.89. The molecule has 0 amide bonds. The number of rotatable bonds is 0. The van der Waals surface area contributed by atoms with E-state index in [1.807, 2.05) is 0 Å². The molecule has 1 aliphatic carbocycles. The van der Waals surface area contributed by atoms with Crippen molar-refractivity contribution in [2.45, 2.75) is 32.6 Å². The molecule has 0 aromatic rings. The van der Waals surface area contributed by atoms with Crippen LogP contribution in [0.1, 0.15) is 32.6 Å². The van der Waals surface area contributed by atoms with Crippen molar-refractivity contribution in [1.29, 1.82) is 0 Å². The Bertz CT molecular complexity index is 44.3. The molecule has 0 spiro atoms. The second-order valence-electron chi connectivity index (χ2n) is 2.39. The zero-order chi connectivity index (χ0) is 4.41. The predicted molar refractivity (Wildman–Crippen MR) is 27.6 cm³/mol. The number of halogens is 2. The van der Waals surface area contributed by atoms with Gasteiger partial charge >= 0.3 is 22.4 Å². The summed E-state index contributed by atoms with van der Waals surface area (Å²) in [6.07, 6.45) is 5.95. The summed E-state index contributed by atoms with van der Waals surface area (Å²) in [5.74, 6) is 1.05. The van der Waals surface area contributed by atoms with Crippen LogP contribution in [0.3, 0.4) is 0 Å². The minimum atomic E-state index is 0. The molecule has 0 aromatic heterocycles. The van der Waals surface area contributed by atoms with Gasteiger partial charge in [-0.1, -0.05) is 32.6 Å². The number of hydrogen-bond donors (Lipinski definition) is 0. The van der Waals surface area contributed by atoms with Crippen LogP contribution in [0.4, 0.5) is 0 Å². The van der Waals surface area contributed by atoms with E-state index in [0.29, 0.717) is 0 Å². The average molecular weight is 336 g/mol. The van der Waals surface area contributed by atoms with Crippen LogP contribution in [0.25, 0.3) is 0 Å². The van der Waals surface area contributed by atoms with E-state index in [9.17, 15) is 0 Å². The molecule has 0 N–H and O–H groups in total. The van der Waals surface area contributed by atoms with Crippen molar-refractivity contribution in [3.8, 4) is 0 Å². The molecule has 0 aliphatic heterocycles. The molecule has 0 unspecified atom stereocenters. The summed E-state index contributed by atoms with van der Waals surface area (Å²) in [5.41, 5.74) is 0. The van der Waals surface area contributed by atoms with Gasteiger partial charge in [0.25, 0.3) is 0 Å². The Morgan fingerprint density at radius 1 is 1.00 bits per heavy atom. The summed E-state index contributed by atoms with van der Waals surface area (Å²) in [7, 11) is 0. The van der Waals surface area contributed by atoms with Crippen molar-refractivity contribution in [3.63, 3.8) is 0 Å². The van der Waals surface area contributed by atoms with Crippen molar-refractivity contribution in [2.75, 3.05) is 0 Å². The first-order chi connectivity index (χ1) is 2.89. The van der Waals surface area contributed by atoms with Crippen molar-refractivity contribution < 1.29 is 47.2 Å². The van der Waals surface area contributed by atoms with Crippen LogP contribution in [0.15, 0.2) is 0 Å². The average Bonchev–Trinajstić information content (AvgIpc) is 1.86. The number of hydrogen-bond acceptors (Lipinski definition) is 0. The van der Waals surface area contributed by atoms with Crippen molar-refractivity contribution in [2.24, 2.45) is 5.92 Å². The first-order valence-corrected chi connectivity index (χ1v) is 2.89. The Labute approximate surface area is 85.5 Å². The predicted octanol–water partition coefficient (Wildman–Crippen LogP) is -3.80. The van der Waals surface area contributed by atoms with Crippen molar-refractivity contribution >= 4 is 0 Å². The Morgan fingerprint density at radius 3 is 1.44 bits per heavy atom. The van der Waals surface area contributed by atoms with E-state index >= 15 is 0 Å². The topological polar surface area (TPSA) is 0 Å². The maximum Gasteiger partial charge on any atom is 2.00 e. The van der Waals surface area contributed by atoms with E-state index in [-0.39, 0.29) is 47.2 Å². The van der Waals surface area contributed by atoms with E-state index in [1.165, 1.54) is 25.7 Å². The fourth-order valence-electron chi connectivity index (χ4n) is 1.13. The zero-order valence-corrected chi connectivity index (χ0v) is 10.3. The van der Waals surface area contributed by atoms with Crippen LogP contribution in [-0.4, -0.2) is 0 Å². The maximum atomic E-state index is 2.34. The Kier molecular flexibility index (Phi) is 17.3. The molecule has 55 valence electrons. The molecule has 0 saturated heterocycles. The fourth-order valence-corrected chi connectivity index (χ4v) is 1.13. The maximum absolute atomic E-state index is 2.34. The third-order valence-corrected chi connectivity index (χ3v) is 1.64. The summed E-state index contributed by atoms with van der Waals surface area (Å²) >= 11 is 0. The summed E-state index contributed by atoms with van der Waals surface area (Å²) in [6, 6.07) is 0. The Balaban J connectivity index is -0.000000120. The summed E-state index contributed by atoms with van der Waals surface area (Å²) in [5, 5.41) is 0. The van der Waals surface area contributed by atoms with E-state index in [4.69, 9.17) is 0 Å². The van der Waals surface area contributed by atoms with Gasteiger partial charge in [0.05, 0.1) is 0 Å². The third kappa shape index (κ3) is 7.21. The van der Waals surface area contributed by atoms with Crippen LogP contribution in [0, 0.1) is 5.92 Å². The third-order valence-electron chi connectivity index (χ3n) is 1.64. The fraction of sp³-hybridized carbons (Fsp3) is 1.00. The van der Waals surface area contributed by atoms with Crippen LogP contribution in [0.2, 0.25) is 0 Å². The largest absolute Gasteiger partial charge is 2.00 e. The standard InChI is InChI=1S/C6H12.2ClH.Ta/c1-6-4-2-3-5-6;;;/h6H,2-5H2,1H3;2*1H;/q;;;+2/p-2. The first kappa shape index (κ1) is 16.7. The summed E-state index contributed by atoms with van der Waals surface area (Å²) in [4.78, 5) is 0. The van der Waals surface area contributed by atoms with E-state index in [2.05, 4.69) is 6.92 Å². The molecule has 1 aliphatic rings. The molecular formula is C6H12Cl2Ta. The Hall–Kier alpha value is 1.32. The molecule has 1 saturated carbocycles. The minimum Gasteiger partial charge on any atom is -1.00 e.